The van der Waals surface area contributed by atoms with Crippen LogP contribution in [-0.4, -0.2) is 46.9 Å². The minimum absolute atomic E-state index is 0.350. The zero-order valence-electron chi connectivity index (χ0n) is 9.55. The number of carbonyl (C=O) groups is 1. The lowest BCUT2D eigenvalue weighted by Gasteiger charge is -2.26. The molecule has 0 spiro atoms. The molecule has 100 valence electrons. The fourth-order valence-corrected chi connectivity index (χ4v) is 1.32. The van der Waals surface area contributed by atoms with Crippen molar-refractivity contribution in [1.29, 1.82) is 0 Å². The van der Waals surface area contributed by atoms with Crippen LogP contribution < -0.4 is 0 Å². The zero-order valence-corrected chi connectivity index (χ0v) is 9.55. The van der Waals surface area contributed by atoms with Crippen LogP contribution in [0.15, 0.2) is 22.3 Å². The number of carboxylic acid groups (broad SMARTS) is 1. The summed E-state index contributed by atoms with van der Waals surface area (Å²) in [5.41, 5.74) is -0.947. The number of alkyl halides is 3. The molecule has 1 rings (SSSR count). The molecular formula is C10H12F3N3O2. The number of aliphatic imine (C=N–C) groups is 2. The summed E-state index contributed by atoms with van der Waals surface area (Å²) >= 11 is 0. The van der Waals surface area contributed by atoms with Gasteiger partial charge < -0.3 is 10.0 Å². The van der Waals surface area contributed by atoms with E-state index < -0.39 is 30.6 Å². The number of nitrogens with zero attached hydrogens (tertiary/aromatic N) is 3. The van der Waals surface area contributed by atoms with Gasteiger partial charge in [-0.25, -0.2) is 0 Å². The lowest BCUT2D eigenvalue weighted by Crippen LogP contribution is -2.35. The SMILES string of the molecule is CCC1N=C(C(F)(F)F)C=CN1/C=N\CC(=O)O. The summed E-state index contributed by atoms with van der Waals surface area (Å²) in [5, 5.41) is 8.39. The summed E-state index contributed by atoms with van der Waals surface area (Å²) < 4.78 is 37.3. The van der Waals surface area contributed by atoms with Gasteiger partial charge in [0, 0.05) is 6.20 Å². The molecule has 0 saturated heterocycles. The van der Waals surface area contributed by atoms with E-state index in [-0.39, 0.29) is 0 Å². The normalized spacial score (nSPS) is 20.3. The molecule has 1 unspecified atom stereocenters. The molecule has 8 heteroatoms. The van der Waals surface area contributed by atoms with E-state index in [4.69, 9.17) is 5.11 Å². The number of aliphatic carboxylic acids is 1. The summed E-state index contributed by atoms with van der Waals surface area (Å²) in [4.78, 5) is 18.7. The Morgan fingerprint density at radius 2 is 2.33 bits per heavy atom. The first-order chi connectivity index (χ1) is 8.34. The molecule has 1 N–H and O–H groups in total. The lowest BCUT2D eigenvalue weighted by molar-refractivity contribution is -0.135. The van der Waals surface area contributed by atoms with Crippen molar-refractivity contribution in [3.63, 3.8) is 0 Å². The Kier molecular flexibility index (Phi) is 4.46. The molecule has 0 aliphatic carbocycles. The van der Waals surface area contributed by atoms with Crippen LogP contribution in [0.5, 0.6) is 0 Å². The smallest absolute Gasteiger partial charge is 0.433 e. The molecule has 0 bridgehead atoms. The molecule has 1 aliphatic heterocycles. The van der Waals surface area contributed by atoms with Crippen LogP contribution in [0.3, 0.4) is 0 Å². The Balaban J connectivity index is 2.76. The molecule has 1 aliphatic rings. The Labute approximate surface area is 101 Å². The van der Waals surface area contributed by atoms with Crippen LogP contribution in [0.2, 0.25) is 0 Å². The highest BCUT2D eigenvalue weighted by Gasteiger charge is 2.36. The zero-order chi connectivity index (χ0) is 13.8. The van der Waals surface area contributed by atoms with E-state index in [0.29, 0.717) is 6.42 Å². The van der Waals surface area contributed by atoms with Crippen LogP contribution in [0.4, 0.5) is 13.2 Å². The third kappa shape index (κ3) is 3.86. The Morgan fingerprint density at radius 1 is 1.67 bits per heavy atom. The molecule has 0 aromatic carbocycles. The third-order valence-electron chi connectivity index (χ3n) is 2.13. The van der Waals surface area contributed by atoms with E-state index in [1.807, 2.05) is 0 Å². The maximum absolute atomic E-state index is 12.4. The quantitative estimate of drug-likeness (QED) is 0.619. The number of allylic oxidation sites excluding steroid dienone is 1. The van der Waals surface area contributed by atoms with E-state index in [1.54, 1.807) is 6.92 Å². The standard InChI is InChI=1S/C10H12F3N3O2/c1-2-8-15-7(10(11,12)13)3-4-16(8)6-14-5-9(17)18/h3-4,6,8H,2,5H2,1H3,(H,17,18)/b14-6-. The van der Waals surface area contributed by atoms with E-state index in [0.717, 1.165) is 6.08 Å². The van der Waals surface area contributed by atoms with Gasteiger partial charge in [-0.2, -0.15) is 13.2 Å². The fraction of sp³-hybridized carbons (Fsp3) is 0.500. The summed E-state index contributed by atoms with van der Waals surface area (Å²) in [6.07, 6.45) is -1.65. The predicted octanol–water partition coefficient (Wildman–Crippen LogP) is 1.67. The maximum atomic E-state index is 12.4. The van der Waals surface area contributed by atoms with Crippen molar-refractivity contribution in [2.45, 2.75) is 25.7 Å². The second-order valence-electron chi connectivity index (χ2n) is 3.51. The first kappa shape index (κ1) is 14.2. The third-order valence-corrected chi connectivity index (χ3v) is 2.13. The summed E-state index contributed by atoms with van der Waals surface area (Å²) in [6, 6.07) is 0. The summed E-state index contributed by atoms with van der Waals surface area (Å²) in [5.74, 6) is -1.11. The van der Waals surface area contributed by atoms with Gasteiger partial charge >= 0.3 is 12.1 Å². The highest BCUT2D eigenvalue weighted by molar-refractivity contribution is 6.00. The van der Waals surface area contributed by atoms with E-state index >= 15 is 0 Å². The van der Waals surface area contributed by atoms with Gasteiger partial charge in [0.1, 0.15) is 18.4 Å². The largest absolute Gasteiger partial charge is 0.480 e. The van der Waals surface area contributed by atoms with Crippen molar-refractivity contribution in [2.75, 3.05) is 6.54 Å². The van der Waals surface area contributed by atoms with Gasteiger partial charge in [-0.1, -0.05) is 6.92 Å². The average molecular weight is 263 g/mol. The van der Waals surface area contributed by atoms with Crippen molar-refractivity contribution < 1.29 is 23.1 Å². The van der Waals surface area contributed by atoms with Gasteiger partial charge in [-0.15, -0.1) is 0 Å². The van der Waals surface area contributed by atoms with Crippen LogP contribution in [0.25, 0.3) is 0 Å². The number of carboxylic acids is 1. The molecule has 0 amide bonds. The topological polar surface area (TPSA) is 65.3 Å². The molecule has 0 radical (unpaired) electrons. The second kappa shape index (κ2) is 5.65. The molecule has 0 fully saturated rings. The van der Waals surface area contributed by atoms with E-state index in [2.05, 4.69) is 9.98 Å². The molecule has 1 atom stereocenters. The highest BCUT2D eigenvalue weighted by Crippen LogP contribution is 2.23. The van der Waals surface area contributed by atoms with Gasteiger partial charge in [-0.3, -0.25) is 14.8 Å². The van der Waals surface area contributed by atoms with Gasteiger partial charge in [0.2, 0.25) is 0 Å². The molecule has 0 aromatic heterocycles. The fourth-order valence-electron chi connectivity index (χ4n) is 1.32. The van der Waals surface area contributed by atoms with Gasteiger partial charge in [0.15, 0.2) is 0 Å². The first-order valence-electron chi connectivity index (χ1n) is 5.17. The molecular weight excluding hydrogens is 251 g/mol. The van der Waals surface area contributed by atoms with Gasteiger partial charge in [-0.05, 0) is 12.5 Å². The molecule has 1 heterocycles. The van der Waals surface area contributed by atoms with Crippen molar-refractivity contribution in [2.24, 2.45) is 9.98 Å². The number of rotatable bonds is 4. The molecule has 18 heavy (non-hydrogen) atoms. The molecule has 5 nitrogen and oxygen atoms in total. The molecule has 0 aromatic rings. The van der Waals surface area contributed by atoms with Crippen molar-refractivity contribution >= 4 is 18.0 Å². The Bertz CT molecular complexity index is 402. The minimum atomic E-state index is -4.48. The van der Waals surface area contributed by atoms with E-state index in [1.165, 1.54) is 17.4 Å². The van der Waals surface area contributed by atoms with Crippen molar-refractivity contribution in [3.8, 4) is 0 Å². The minimum Gasteiger partial charge on any atom is -0.480 e. The Hall–Kier alpha value is -1.86. The maximum Gasteiger partial charge on any atom is 0.433 e. The van der Waals surface area contributed by atoms with Gasteiger partial charge in [0.25, 0.3) is 0 Å². The first-order valence-corrected chi connectivity index (χ1v) is 5.17. The number of hydrogen-bond acceptors (Lipinski definition) is 3. The average Bonchev–Trinajstić information content (AvgIpc) is 2.27. The van der Waals surface area contributed by atoms with Crippen molar-refractivity contribution in [1.82, 2.24) is 4.90 Å². The highest BCUT2D eigenvalue weighted by atomic mass is 19.4. The predicted molar refractivity (Wildman–Crippen MR) is 59.5 cm³/mol. The molecule has 0 saturated carbocycles. The summed E-state index contributed by atoms with van der Waals surface area (Å²) in [6.45, 7) is 1.25. The monoisotopic (exact) mass is 263 g/mol. The van der Waals surface area contributed by atoms with Crippen LogP contribution in [0, 0.1) is 0 Å². The number of halogens is 3. The lowest BCUT2D eigenvalue weighted by atomic mass is 10.2. The van der Waals surface area contributed by atoms with Crippen LogP contribution in [0.1, 0.15) is 13.3 Å². The Morgan fingerprint density at radius 3 is 2.83 bits per heavy atom. The summed E-state index contributed by atoms with van der Waals surface area (Å²) in [7, 11) is 0. The number of hydrogen-bond donors (Lipinski definition) is 1. The second-order valence-corrected chi connectivity index (χ2v) is 3.51. The van der Waals surface area contributed by atoms with Crippen LogP contribution >= 0.6 is 0 Å². The van der Waals surface area contributed by atoms with Crippen molar-refractivity contribution in [3.05, 3.63) is 12.3 Å². The van der Waals surface area contributed by atoms with E-state index in [9.17, 15) is 18.0 Å². The van der Waals surface area contributed by atoms with Crippen LogP contribution in [-0.2, 0) is 4.79 Å². The van der Waals surface area contributed by atoms with Gasteiger partial charge in [0.05, 0.1) is 6.34 Å².